The van der Waals surface area contributed by atoms with Gasteiger partial charge in [0.1, 0.15) is 5.75 Å². The maximum Gasteiger partial charge on any atom is 0.344 e. The van der Waals surface area contributed by atoms with Crippen molar-refractivity contribution in [2.24, 2.45) is 7.05 Å². The molecule has 0 radical (unpaired) electrons. The van der Waals surface area contributed by atoms with Gasteiger partial charge >= 0.3 is 5.97 Å². The molecule has 0 aliphatic heterocycles. The van der Waals surface area contributed by atoms with Crippen molar-refractivity contribution < 1.29 is 19.1 Å². The summed E-state index contributed by atoms with van der Waals surface area (Å²) in [6, 6.07) is 3.50. The summed E-state index contributed by atoms with van der Waals surface area (Å²) in [7, 11) is 1.79. The van der Waals surface area contributed by atoms with Crippen LogP contribution in [0.3, 0.4) is 0 Å². The Balaban J connectivity index is 1.84. The summed E-state index contributed by atoms with van der Waals surface area (Å²) < 4.78 is 12.1. The second-order valence-electron chi connectivity index (χ2n) is 6.04. The number of benzene rings is 1. The van der Waals surface area contributed by atoms with E-state index in [1.165, 1.54) is 0 Å². The zero-order valence-corrected chi connectivity index (χ0v) is 16.2. The number of halogens is 1. The van der Waals surface area contributed by atoms with Gasteiger partial charge in [-0.1, -0.05) is 11.6 Å². The van der Waals surface area contributed by atoms with Crippen molar-refractivity contribution in [3.63, 3.8) is 0 Å². The van der Waals surface area contributed by atoms with E-state index in [4.69, 9.17) is 21.1 Å². The van der Waals surface area contributed by atoms with Gasteiger partial charge < -0.3 is 14.8 Å². The summed E-state index contributed by atoms with van der Waals surface area (Å²) in [6.45, 7) is 6.62. The van der Waals surface area contributed by atoms with Crippen LogP contribution in [0.4, 0.5) is 5.69 Å². The molecule has 140 valence electrons. The van der Waals surface area contributed by atoms with Gasteiger partial charge in [0, 0.05) is 12.1 Å². The number of ether oxygens (including phenoxy) is 2. The Hall–Kier alpha value is -2.54. The first-order valence-electron chi connectivity index (χ1n) is 8.04. The summed E-state index contributed by atoms with van der Waals surface area (Å²) in [6.07, 6.45) is 0. The van der Waals surface area contributed by atoms with Crippen molar-refractivity contribution in [3.05, 3.63) is 39.7 Å². The molecular weight excluding hydrogens is 358 g/mol. The van der Waals surface area contributed by atoms with Gasteiger partial charge in [-0.3, -0.25) is 9.48 Å². The molecule has 0 aliphatic carbocycles. The molecule has 0 saturated carbocycles. The molecular formula is C18H22ClN3O4. The number of carbonyl (C=O) groups excluding carboxylic acids is 2. The number of aryl methyl sites for hydroxylation is 4. The zero-order valence-electron chi connectivity index (χ0n) is 15.5. The summed E-state index contributed by atoms with van der Waals surface area (Å²) in [5, 5.41) is 7.51. The molecule has 1 heterocycles. The van der Waals surface area contributed by atoms with Crippen molar-refractivity contribution >= 4 is 29.2 Å². The highest BCUT2D eigenvalue weighted by Crippen LogP contribution is 2.27. The summed E-state index contributed by atoms with van der Waals surface area (Å²) in [5.41, 5.74) is 3.78. The largest absolute Gasteiger partial charge is 0.481 e. The van der Waals surface area contributed by atoms with Crippen molar-refractivity contribution in [1.82, 2.24) is 9.78 Å². The minimum atomic E-state index is -0.631. The maximum atomic E-state index is 12.0. The van der Waals surface area contributed by atoms with Gasteiger partial charge in [-0.15, -0.1) is 0 Å². The smallest absolute Gasteiger partial charge is 0.344 e. The molecule has 26 heavy (non-hydrogen) atoms. The third kappa shape index (κ3) is 4.76. The van der Waals surface area contributed by atoms with Gasteiger partial charge in [0.15, 0.2) is 13.2 Å². The molecule has 0 bridgehead atoms. The van der Waals surface area contributed by atoms with Crippen molar-refractivity contribution in [1.29, 1.82) is 0 Å². The lowest BCUT2D eigenvalue weighted by molar-refractivity contribution is -0.149. The number of hydrogen-bond donors (Lipinski definition) is 1. The number of nitrogens with one attached hydrogen (secondary N) is 1. The Kier molecular flexibility index (Phi) is 6.26. The lowest BCUT2D eigenvalue weighted by Gasteiger charge is -2.12. The average Bonchev–Trinajstić information content (AvgIpc) is 2.78. The Morgan fingerprint density at radius 1 is 1.15 bits per heavy atom. The van der Waals surface area contributed by atoms with Gasteiger partial charge in [-0.25, -0.2) is 4.79 Å². The first-order chi connectivity index (χ1) is 12.2. The highest BCUT2D eigenvalue weighted by molar-refractivity contribution is 6.30. The van der Waals surface area contributed by atoms with Crippen LogP contribution in [-0.4, -0.2) is 34.9 Å². The third-order valence-electron chi connectivity index (χ3n) is 3.90. The average molecular weight is 380 g/mol. The number of carbonyl (C=O) groups is 2. The molecule has 0 saturated heterocycles. The van der Waals surface area contributed by atoms with Crippen molar-refractivity contribution in [2.75, 3.05) is 18.5 Å². The highest BCUT2D eigenvalue weighted by Gasteiger charge is 2.15. The second-order valence-corrected chi connectivity index (χ2v) is 6.47. The highest BCUT2D eigenvalue weighted by atomic mass is 35.5. The molecule has 2 aromatic rings. The van der Waals surface area contributed by atoms with Crippen LogP contribution in [0.25, 0.3) is 0 Å². The van der Waals surface area contributed by atoms with Crippen LogP contribution in [0.15, 0.2) is 12.1 Å². The molecule has 1 amide bonds. The number of aromatic nitrogens is 2. The van der Waals surface area contributed by atoms with Gasteiger partial charge in [0.05, 0.1) is 17.1 Å². The Morgan fingerprint density at radius 2 is 1.77 bits per heavy atom. The zero-order chi connectivity index (χ0) is 19.4. The summed E-state index contributed by atoms with van der Waals surface area (Å²) >= 11 is 5.96. The third-order valence-corrected chi connectivity index (χ3v) is 4.12. The molecule has 2 rings (SSSR count). The predicted octanol–water partition coefficient (Wildman–Crippen LogP) is 2.87. The van der Waals surface area contributed by atoms with Crippen LogP contribution in [-0.2, 0) is 21.4 Å². The van der Waals surface area contributed by atoms with Gasteiger partial charge in [0.2, 0.25) is 0 Å². The molecule has 8 heteroatoms. The lowest BCUT2D eigenvalue weighted by atomic mass is 10.1. The summed E-state index contributed by atoms with van der Waals surface area (Å²) in [4.78, 5) is 23.8. The topological polar surface area (TPSA) is 82.4 Å². The van der Waals surface area contributed by atoms with Gasteiger partial charge in [0.25, 0.3) is 5.91 Å². The van der Waals surface area contributed by atoms with Crippen LogP contribution in [0.5, 0.6) is 5.75 Å². The van der Waals surface area contributed by atoms with E-state index < -0.39 is 18.5 Å². The number of anilines is 1. The Morgan fingerprint density at radius 3 is 2.31 bits per heavy atom. The minimum absolute atomic E-state index is 0.290. The lowest BCUT2D eigenvalue weighted by Crippen LogP contribution is -2.24. The van der Waals surface area contributed by atoms with Crippen LogP contribution in [0.2, 0.25) is 5.02 Å². The molecule has 0 atom stereocenters. The summed E-state index contributed by atoms with van der Waals surface area (Å²) in [5.74, 6) is -0.484. The molecule has 0 spiro atoms. The van der Waals surface area contributed by atoms with Crippen molar-refractivity contribution in [3.8, 4) is 5.75 Å². The fourth-order valence-electron chi connectivity index (χ4n) is 2.57. The maximum absolute atomic E-state index is 12.0. The fourth-order valence-corrected chi connectivity index (χ4v) is 2.90. The van der Waals surface area contributed by atoms with E-state index in [9.17, 15) is 9.59 Å². The molecule has 0 unspecified atom stereocenters. The fraction of sp³-hybridized carbons (Fsp3) is 0.389. The van der Waals surface area contributed by atoms with Crippen LogP contribution >= 0.6 is 11.6 Å². The van der Waals surface area contributed by atoms with Gasteiger partial charge in [-0.2, -0.15) is 5.10 Å². The standard InChI is InChI=1S/C18H22ClN3O4/c1-10-6-14(19)7-11(2)18(10)26-9-16(24)25-8-15(23)20-17-12(3)21-22(5)13(17)4/h6-7H,8-9H2,1-5H3,(H,20,23). The second kappa shape index (κ2) is 8.23. The number of hydrogen-bond acceptors (Lipinski definition) is 5. The first kappa shape index (κ1) is 19.8. The number of rotatable bonds is 6. The van der Waals surface area contributed by atoms with Crippen LogP contribution in [0.1, 0.15) is 22.5 Å². The molecule has 1 N–H and O–H groups in total. The molecule has 7 nitrogen and oxygen atoms in total. The normalized spacial score (nSPS) is 10.5. The van der Waals surface area contributed by atoms with Crippen LogP contribution in [0, 0.1) is 27.7 Å². The SMILES string of the molecule is Cc1cc(Cl)cc(C)c1OCC(=O)OCC(=O)Nc1c(C)nn(C)c1C. The van der Waals surface area contributed by atoms with E-state index in [-0.39, 0.29) is 6.61 Å². The van der Waals surface area contributed by atoms with E-state index in [1.807, 2.05) is 20.8 Å². The van der Waals surface area contributed by atoms with Crippen LogP contribution < -0.4 is 10.1 Å². The van der Waals surface area contributed by atoms with E-state index in [2.05, 4.69) is 10.4 Å². The number of esters is 1. The van der Waals surface area contributed by atoms with Gasteiger partial charge in [-0.05, 0) is 51.0 Å². The molecule has 1 aromatic heterocycles. The quantitative estimate of drug-likeness (QED) is 0.780. The Labute approximate surface area is 157 Å². The minimum Gasteiger partial charge on any atom is -0.481 e. The Bertz CT molecular complexity index is 822. The predicted molar refractivity (Wildman–Crippen MR) is 98.7 cm³/mol. The monoisotopic (exact) mass is 379 g/mol. The van der Waals surface area contributed by atoms with E-state index in [0.29, 0.717) is 22.2 Å². The van der Waals surface area contributed by atoms with E-state index in [0.717, 1.165) is 16.8 Å². The molecule has 1 aromatic carbocycles. The molecule has 0 fully saturated rings. The van der Waals surface area contributed by atoms with Crippen molar-refractivity contribution in [2.45, 2.75) is 27.7 Å². The first-order valence-corrected chi connectivity index (χ1v) is 8.42. The number of nitrogens with zero attached hydrogens (tertiary/aromatic N) is 2. The number of amides is 1. The van der Waals surface area contributed by atoms with E-state index in [1.54, 1.807) is 30.8 Å². The molecule has 0 aliphatic rings. The van der Waals surface area contributed by atoms with E-state index >= 15 is 0 Å².